The highest BCUT2D eigenvalue weighted by Gasteiger charge is 2.29. The Labute approximate surface area is 157 Å². The molecule has 0 saturated carbocycles. The van der Waals surface area contributed by atoms with Crippen LogP contribution in [0.4, 0.5) is 0 Å². The molecule has 3 heteroatoms. The molecule has 3 rings (SSSR count). The fraction of sp³-hybridized carbons (Fsp3) is 0.217. The maximum absolute atomic E-state index is 10.9. The van der Waals surface area contributed by atoms with Crippen LogP contribution in [0.5, 0.6) is 0 Å². The molecule has 0 amide bonds. The maximum Gasteiger partial charge on any atom is 0.0945 e. The number of aliphatic hydroxyl groups excluding tert-OH is 1. The van der Waals surface area contributed by atoms with E-state index in [1.807, 2.05) is 30.3 Å². The summed E-state index contributed by atoms with van der Waals surface area (Å²) < 4.78 is 2.34. The maximum atomic E-state index is 10.9. The van der Waals surface area contributed by atoms with E-state index < -0.39 is 14.2 Å². The lowest BCUT2D eigenvalue weighted by Gasteiger charge is -2.36. The monoisotopic (exact) mass is 363 g/mol. The molecule has 0 spiro atoms. The third-order valence-electron chi connectivity index (χ3n) is 4.85. The van der Waals surface area contributed by atoms with Crippen LogP contribution >= 0.6 is 8.07 Å². The van der Waals surface area contributed by atoms with E-state index >= 15 is 0 Å². The molecule has 0 heterocycles. The fourth-order valence-corrected chi connectivity index (χ4v) is 5.74. The van der Waals surface area contributed by atoms with Gasteiger partial charge in [0.05, 0.1) is 6.10 Å². The highest BCUT2D eigenvalue weighted by molar-refractivity contribution is 7.70. The van der Waals surface area contributed by atoms with Crippen LogP contribution < -0.4 is 10.6 Å². The SMILES string of the molecule is Cc1ccccc1[P@](c1ccccc1)N(C)[C@@H](C)C(O)c1ccccc1. The summed E-state index contributed by atoms with van der Waals surface area (Å²) in [5, 5.41) is 13.6. The molecule has 0 aliphatic carbocycles. The van der Waals surface area contributed by atoms with Crippen molar-refractivity contribution in [2.45, 2.75) is 26.0 Å². The summed E-state index contributed by atoms with van der Waals surface area (Å²) >= 11 is 0. The van der Waals surface area contributed by atoms with E-state index in [0.29, 0.717) is 0 Å². The second-order valence-corrected chi connectivity index (χ2v) is 8.86. The normalized spacial score (nSPS) is 14.8. The van der Waals surface area contributed by atoms with E-state index in [1.54, 1.807) is 0 Å². The zero-order chi connectivity index (χ0) is 18.5. The molecule has 0 aliphatic heterocycles. The van der Waals surface area contributed by atoms with Crippen LogP contribution in [0.25, 0.3) is 0 Å². The minimum atomic E-state index is -0.722. The first-order chi connectivity index (χ1) is 12.6. The molecule has 0 saturated heterocycles. The van der Waals surface area contributed by atoms with Crippen molar-refractivity contribution in [3.8, 4) is 0 Å². The van der Waals surface area contributed by atoms with Gasteiger partial charge in [-0.2, -0.15) is 0 Å². The average molecular weight is 363 g/mol. The number of aliphatic hydroxyl groups is 1. The van der Waals surface area contributed by atoms with Gasteiger partial charge in [0.2, 0.25) is 0 Å². The number of nitrogens with zero attached hydrogens (tertiary/aromatic N) is 1. The van der Waals surface area contributed by atoms with Gasteiger partial charge in [-0.25, -0.2) is 0 Å². The summed E-state index contributed by atoms with van der Waals surface area (Å²) in [5.74, 6) is 0. The summed E-state index contributed by atoms with van der Waals surface area (Å²) in [4.78, 5) is 0. The third-order valence-corrected chi connectivity index (χ3v) is 7.59. The van der Waals surface area contributed by atoms with Gasteiger partial charge in [0.1, 0.15) is 0 Å². The molecule has 1 N–H and O–H groups in total. The third kappa shape index (κ3) is 4.04. The van der Waals surface area contributed by atoms with Gasteiger partial charge in [-0.1, -0.05) is 84.9 Å². The van der Waals surface area contributed by atoms with Gasteiger partial charge >= 0.3 is 0 Å². The van der Waals surface area contributed by atoms with E-state index in [4.69, 9.17) is 0 Å². The minimum Gasteiger partial charge on any atom is -0.387 e. The number of rotatable bonds is 6. The molecule has 1 unspecified atom stereocenters. The van der Waals surface area contributed by atoms with Crippen molar-refractivity contribution in [3.05, 3.63) is 96.1 Å². The predicted octanol–water partition coefficient (Wildman–Crippen LogP) is 4.40. The highest BCUT2D eigenvalue weighted by atomic mass is 31.1. The summed E-state index contributed by atoms with van der Waals surface area (Å²) in [5.41, 5.74) is 2.25. The van der Waals surface area contributed by atoms with E-state index in [0.717, 1.165) is 5.56 Å². The van der Waals surface area contributed by atoms with E-state index in [1.165, 1.54) is 16.2 Å². The molecule has 3 aromatic rings. The molecule has 134 valence electrons. The standard InChI is InChI=1S/C23H26NOP/c1-18-12-10-11-17-22(18)26(21-15-8-5-9-16-21)24(3)19(2)23(25)20-13-6-4-7-14-20/h4-17,19,23,25H,1-3H3/t19-,23?,26-/m0/s1. The van der Waals surface area contributed by atoms with Gasteiger partial charge in [0.15, 0.2) is 0 Å². The van der Waals surface area contributed by atoms with Crippen LogP contribution in [0, 0.1) is 6.92 Å². The Hall–Kier alpha value is -1.99. The van der Waals surface area contributed by atoms with E-state index in [-0.39, 0.29) is 6.04 Å². The van der Waals surface area contributed by atoms with Crippen LogP contribution in [0.3, 0.4) is 0 Å². The Balaban J connectivity index is 1.98. The summed E-state index contributed by atoms with van der Waals surface area (Å²) in [7, 11) is 1.41. The van der Waals surface area contributed by atoms with Crippen LogP contribution in [-0.2, 0) is 0 Å². The molecular weight excluding hydrogens is 337 g/mol. The Bertz CT molecular complexity index is 822. The quantitative estimate of drug-likeness (QED) is 0.657. The molecule has 3 atom stereocenters. The second-order valence-electron chi connectivity index (χ2n) is 6.60. The molecule has 0 radical (unpaired) electrons. The largest absolute Gasteiger partial charge is 0.387 e. The van der Waals surface area contributed by atoms with Crippen LogP contribution in [-0.4, -0.2) is 22.9 Å². The van der Waals surface area contributed by atoms with Crippen molar-refractivity contribution < 1.29 is 5.11 Å². The zero-order valence-corrected chi connectivity index (χ0v) is 16.5. The first-order valence-corrected chi connectivity index (χ1v) is 10.3. The zero-order valence-electron chi connectivity index (χ0n) is 15.6. The molecule has 26 heavy (non-hydrogen) atoms. The number of benzene rings is 3. The van der Waals surface area contributed by atoms with Crippen molar-refractivity contribution in [2.75, 3.05) is 7.05 Å². The Morgan fingerprint density at radius 1 is 0.808 bits per heavy atom. The summed E-state index contributed by atoms with van der Waals surface area (Å²) in [6.07, 6.45) is -0.529. The van der Waals surface area contributed by atoms with E-state index in [9.17, 15) is 5.11 Å². The van der Waals surface area contributed by atoms with Crippen molar-refractivity contribution in [3.63, 3.8) is 0 Å². The van der Waals surface area contributed by atoms with Gasteiger partial charge in [0, 0.05) is 14.1 Å². The number of likely N-dealkylation sites (N-methyl/N-ethyl adjacent to an activating group) is 1. The van der Waals surface area contributed by atoms with Gasteiger partial charge in [-0.15, -0.1) is 0 Å². The summed E-state index contributed by atoms with van der Waals surface area (Å²) in [6, 6.07) is 29.1. The summed E-state index contributed by atoms with van der Waals surface area (Å²) in [6.45, 7) is 4.27. The number of aryl methyl sites for hydroxylation is 1. The first kappa shape index (κ1) is 18.8. The minimum absolute atomic E-state index is 0.0108. The van der Waals surface area contributed by atoms with Crippen LogP contribution in [0.15, 0.2) is 84.9 Å². The molecule has 0 fully saturated rings. The van der Waals surface area contributed by atoms with Crippen molar-refractivity contribution in [1.29, 1.82) is 0 Å². The Kier molecular flexibility index (Phi) is 6.21. The Morgan fingerprint density at radius 2 is 1.35 bits per heavy atom. The van der Waals surface area contributed by atoms with Crippen LogP contribution in [0.2, 0.25) is 0 Å². The highest BCUT2D eigenvalue weighted by Crippen LogP contribution is 2.41. The number of hydrogen-bond acceptors (Lipinski definition) is 2. The molecule has 0 aliphatic rings. The Morgan fingerprint density at radius 3 is 1.96 bits per heavy atom. The fourth-order valence-electron chi connectivity index (χ4n) is 3.18. The predicted molar refractivity (Wildman–Crippen MR) is 112 cm³/mol. The topological polar surface area (TPSA) is 23.5 Å². The van der Waals surface area contributed by atoms with Gasteiger partial charge in [-0.05, 0) is 42.6 Å². The van der Waals surface area contributed by atoms with Gasteiger partial charge in [-0.3, -0.25) is 4.67 Å². The average Bonchev–Trinajstić information content (AvgIpc) is 2.70. The molecule has 2 nitrogen and oxygen atoms in total. The molecular formula is C23H26NOP. The lowest BCUT2D eigenvalue weighted by atomic mass is 10.0. The van der Waals surface area contributed by atoms with Crippen molar-refractivity contribution >= 4 is 18.7 Å². The van der Waals surface area contributed by atoms with E-state index in [2.05, 4.69) is 80.2 Å². The lowest BCUT2D eigenvalue weighted by molar-refractivity contribution is 0.111. The van der Waals surface area contributed by atoms with Crippen LogP contribution in [0.1, 0.15) is 24.2 Å². The van der Waals surface area contributed by atoms with Crippen molar-refractivity contribution in [1.82, 2.24) is 4.67 Å². The van der Waals surface area contributed by atoms with Crippen molar-refractivity contribution in [2.24, 2.45) is 0 Å². The molecule has 0 aromatic heterocycles. The van der Waals surface area contributed by atoms with Gasteiger partial charge in [0.25, 0.3) is 0 Å². The first-order valence-electron chi connectivity index (χ1n) is 8.96. The molecule has 3 aromatic carbocycles. The van der Waals surface area contributed by atoms with Gasteiger partial charge < -0.3 is 5.11 Å². The molecule has 0 bridgehead atoms. The second kappa shape index (κ2) is 8.60. The number of hydrogen-bond donors (Lipinski definition) is 1. The lowest BCUT2D eigenvalue weighted by Crippen LogP contribution is -2.36. The smallest absolute Gasteiger partial charge is 0.0945 e.